The van der Waals surface area contributed by atoms with Crippen LogP contribution in [0.4, 0.5) is 5.69 Å². The van der Waals surface area contributed by atoms with E-state index in [9.17, 15) is 14.4 Å². The largest absolute Gasteiger partial charge is 0.497 e. The van der Waals surface area contributed by atoms with E-state index in [-0.39, 0.29) is 16.9 Å². The van der Waals surface area contributed by atoms with Crippen LogP contribution in [0, 0.1) is 13.8 Å². The van der Waals surface area contributed by atoms with E-state index in [1.54, 1.807) is 49.6 Å². The van der Waals surface area contributed by atoms with Crippen molar-refractivity contribution in [1.29, 1.82) is 0 Å². The van der Waals surface area contributed by atoms with Crippen molar-refractivity contribution < 1.29 is 23.9 Å². The van der Waals surface area contributed by atoms with Gasteiger partial charge in [0.05, 0.1) is 12.7 Å². The molecule has 1 N–H and O–H groups in total. The van der Waals surface area contributed by atoms with Crippen molar-refractivity contribution in [1.82, 2.24) is 0 Å². The number of ether oxygens (including phenoxy) is 2. The molecule has 1 amide bonds. The monoisotopic (exact) mass is 417 g/mol. The van der Waals surface area contributed by atoms with Gasteiger partial charge in [-0.25, -0.2) is 4.79 Å². The molecule has 0 aliphatic heterocycles. The van der Waals surface area contributed by atoms with Gasteiger partial charge < -0.3 is 14.8 Å². The number of aryl methyl sites for hydroxylation is 2. The fourth-order valence-corrected chi connectivity index (χ4v) is 3.21. The highest BCUT2D eigenvalue weighted by molar-refractivity contribution is 6.14. The smallest absolute Gasteiger partial charge is 0.339 e. The Morgan fingerprint density at radius 2 is 1.45 bits per heavy atom. The number of hydrogen-bond donors (Lipinski definition) is 1. The molecule has 0 fully saturated rings. The molecule has 3 rings (SSSR count). The summed E-state index contributed by atoms with van der Waals surface area (Å²) in [6.07, 6.45) is 0. The van der Waals surface area contributed by atoms with Gasteiger partial charge in [0, 0.05) is 16.8 Å². The standard InChI is InChI=1S/C25H23NO5/c1-16-12-17(2)14-19(13-16)26-23(27)15-31-25(29)22-7-5-4-6-21(22)24(28)18-8-10-20(30-3)11-9-18/h4-14H,15H2,1-3H3,(H,26,27). The summed E-state index contributed by atoms with van der Waals surface area (Å²) in [5, 5.41) is 2.71. The molecule has 3 aromatic carbocycles. The zero-order chi connectivity index (χ0) is 22.4. The van der Waals surface area contributed by atoms with Crippen molar-refractivity contribution in [3.05, 3.63) is 94.5 Å². The molecule has 158 valence electrons. The number of amides is 1. The van der Waals surface area contributed by atoms with Gasteiger partial charge in [0.15, 0.2) is 12.4 Å². The Balaban J connectivity index is 1.69. The molecule has 0 saturated heterocycles. The van der Waals surface area contributed by atoms with Gasteiger partial charge >= 0.3 is 5.97 Å². The summed E-state index contributed by atoms with van der Waals surface area (Å²) in [6, 6.07) is 18.6. The van der Waals surface area contributed by atoms with Crippen molar-refractivity contribution in [3.8, 4) is 5.75 Å². The highest BCUT2D eigenvalue weighted by atomic mass is 16.5. The first-order chi connectivity index (χ1) is 14.9. The lowest BCUT2D eigenvalue weighted by Crippen LogP contribution is -2.22. The summed E-state index contributed by atoms with van der Waals surface area (Å²) >= 11 is 0. The Morgan fingerprint density at radius 3 is 2.06 bits per heavy atom. The average molecular weight is 417 g/mol. The van der Waals surface area contributed by atoms with Gasteiger partial charge in [-0.05, 0) is 67.4 Å². The summed E-state index contributed by atoms with van der Waals surface area (Å²) in [7, 11) is 1.54. The van der Waals surface area contributed by atoms with Gasteiger partial charge in [-0.15, -0.1) is 0 Å². The van der Waals surface area contributed by atoms with E-state index < -0.39 is 18.5 Å². The van der Waals surface area contributed by atoms with Crippen molar-refractivity contribution in [2.45, 2.75) is 13.8 Å². The van der Waals surface area contributed by atoms with E-state index in [2.05, 4.69) is 5.32 Å². The molecule has 0 bridgehead atoms. The van der Waals surface area contributed by atoms with Crippen LogP contribution in [-0.2, 0) is 9.53 Å². The predicted octanol–water partition coefficient (Wildman–Crippen LogP) is 4.34. The Morgan fingerprint density at radius 1 is 0.839 bits per heavy atom. The number of benzene rings is 3. The van der Waals surface area contributed by atoms with Gasteiger partial charge in [-0.3, -0.25) is 9.59 Å². The number of anilines is 1. The maximum absolute atomic E-state index is 12.9. The van der Waals surface area contributed by atoms with E-state index in [1.807, 2.05) is 32.0 Å². The summed E-state index contributed by atoms with van der Waals surface area (Å²) in [4.78, 5) is 37.7. The zero-order valence-corrected chi connectivity index (χ0v) is 17.6. The number of nitrogens with one attached hydrogen (secondary N) is 1. The van der Waals surface area contributed by atoms with Crippen molar-refractivity contribution >= 4 is 23.3 Å². The van der Waals surface area contributed by atoms with Crippen LogP contribution in [0.5, 0.6) is 5.75 Å². The highest BCUT2D eigenvalue weighted by Crippen LogP contribution is 2.19. The van der Waals surface area contributed by atoms with Crippen molar-refractivity contribution in [2.24, 2.45) is 0 Å². The minimum Gasteiger partial charge on any atom is -0.497 e. The molecule has 0 spiro atoms. The number of hydrogen-bond acceptors (Lipinski definition) is 5. The number of methoxy groups -OCH3 is 1. The van der Waals surface area contributed by atoms with Gasteiger partial charge in [0.1, 0.15) is 5.75 Å². The van der Waals surface area contributed by atoms with Crippen molar-refractivity contribution in [2.75, 3.05) is 19.0 Å². The SMILES string of the molecule is COc1ccc(C(=O)c2ccccc2C(=O)OCC(=O)Nc2cc(C)cc(C)c2)cc1. The summed E-state index contributed by atoms with van der Waals surface area (Å²) in [6.45, 7) is 3.40. The van der Waals surface area contributed by atoms with Crippen LogP contribution >= 0.6 is 0 Å². The molecule has 0 heterocycles. The quantitative estimate of drug-likeness (QED) is 0.457. The van der Waals surface area contributed by atoms with Crippen LogP contribution in [0.25, 0.3) is 0 Å². The molecule has 0 unspecified atom stereocenters. The Hall–Kier alpha value is -3.93. The number of rotatable bonds is 7. The molecular weight excluding hydrogens is 394 g/mol. The lowest BCUT2D eigenvalue weighted by atomic mass is 9.98. The van der Waals surface area contributed by atoms with E-state index in [4.69, 9.17) is 9.47 Å². The van der Waals surface area contributed by atoms with Crippen molar-refractivity contribution in [3.63, 3.8) is 0 Å². The molecule has 0 aliphatic rings. The molecule has 31 heavy (non-hydrogen) atoms. The molecule has 0 aromatic heterocycles. The fraction of sp³-hybridized carbons (Fsp3) is 0.160. The van der Waals surface area contributed by atoms with Gasteiger partial charge in [0.25, 0.3) is 5.91 Å². The first kappa shape index (κ1) is 21.8. The van der Waals surface area contributed by atoms with Crippen LogP contribution < -0.4 is 10.1 Å². The Kier molecular flexibility index (Phi) is 6.82. The Bertz CT molecular complexity index is 1100. The predicted molar refractivity (Wildman–Crippen MR) is 118 cm³/mol. The fourth-order valence-electron chi connectivity index (χ4n) is 3.21. The van der Waals surface area contributed by atoms with Gasteiger partial charge in [-0.1, -0.05) is 24.3 Å². The maximum atomic E-state index is 12.9. The second-order valence-corrected chi connectivity index (χ2v) is 7.10. The van der Waals surface area contributed by atoms with Crippen LogP contribution in [0.1, 0.15) is 37.4 Å². The number of carbonyl (C=O) groups excluding carboxylic acids is 3. The molecule has 0 atom stereocenters. The number of ketones is 1. The third-order valence-electron chi connectivity index (χ3n) is 4.58. The minimum absolute atomic E-state index is 0.0996. The highest BCUT2D eigenvalue weighted by Gasteiger charge is 2.20. The van der Waals surface area contributed by atoms with Gasteiger partial charge in [0.2, 0.25) is 0 Å². The Labute approximate surface area is 180 Å². The molecular formula is C25H23NO5. The lowest BCUT2D eigenvalue weighted by Gasteiger charge is -2.10. The summed E-state index contributed by atoms with van der Waals surface area (Å²) < 4.78 is 10.3. The zero-order valence-electron chi connectivity index (χ0n) is 17.6. The molecule has 0 saturated carbocycles. The average Bonchev–Trinajstić information content (AvgIpc) is 2.76. The van der Waals surface area contributed by atoms with Crippen LogP contribution in [0.15, 0.2) is 66.7 Å². The van der Waals surface area contributed by atoms with Crippen LogP contribution in [0.2, 0.25) is 0 Å². The van der Waals surface area contributed by atoms with Crippen LogP contribution in [0.3, 0.4) is 0 Å². The molecule has 6 heteroatoms. The van der Waals surface area contributed by atoms with E-state index >= 15 is 0 Å². The second kappa shape index (κ2) is 9.71. The maximum Gasteiger partial charge on any atom is 0.339 e. The lowest BCUT2D eigenvalue weighted by molar-refractivity contribution is -0.119. The first-order valence-corrected chi connectivity index (χ1v) is 9.70. The molecule has 6 nitrogen and oxygen atoms in total. The first-order valence-electron chi connectivity index (χ1n) is 9.70. The third kappa shape index (κ3) is 5.57. The van der Waals surface area contributed by atoms with Gasteiger partial charge in [-0.2, -0.15) is 0 Å². The minimum atomic E-state index is -0.743. The van der Waals surface area contributed by atoms with E-state index in [0.717, 1.165) is 11.1 Å². The van der Waals surface area contributed by atoms with E-state index in [0.29, 0.717) is 17.0 Å². The number of esters is 1. The molecule has 3 aromatic rings. The topological polar surface area (TPSA) is 81.7 Å². The normalized spacial score (nSPS) is 10.3. The third-order valence-corrected chi connectivity index (χ3v) is 4.58. The summed E-state index contributed by atoms with van der Waals surface area (Å²) in [5.74, 6) is -0.903. The second-order valence-electron chi connectivity index (χ2n) is 7.10. The molecule has 0 radical (unpaired) electrons. The summed E-state index contributed by atoms with van der Waals surface area (Å²) in [5.41, 5.74) is 3.37. The number of carbonyl (C=O) groups is 3. The van der Waals surface area contributed by atoms with Crippen LogP contribution in [-0.4, -0.2) is 31.4 Å². The molecule has 0 aliphatic carbocycles. The van der Waals surface area contributed by atoms with E-state index in [1.165, 1.54) is 6.07 Å².